The number of pyridine rings is 1. The summed E-state index contributed by atoms with van der Waals surface area (Å²) in [5.74, 6) is -1.85. The van der Waals surface area contributed by atoms with Gasteiger partial charge < -0.3 is 29.6 Å². The van der Waals surface area contributed by atoms with Gasteiger partial charge in [0.1, 0.15) is 29.3 Å². The number of ether oxygens (including phenoxy) is 3. The zero-order valence-electron chi connectivity index (χ0n) is 23.0. The molecule has 0 bridgehead atoms. The lowest BCUT2D eigenvalue weighted by Crippen LogP contribution is -2.36. The van der Waals surface area contributed by atoms with E-state index in [-0.39, 0.29) is 36.3 Å². The monoisotopic (exact) mass is 561 g/mol. The predicted octanol–water partition coefficient (Wildman–Crippen LogP) is 6.14. The van der Waals surface area contributed by atoms with Crippen molar-refractivity contribution in [2.24, 2.45) is 10.4 Å². The molecule has 2 aromatic heterocycles. The number of fused-ring (bicyclic) bond motifs is 1. The number of benzene rings is 2. The van der Waals surface area contributed by atoms with Crippen LogP contribution in [-0.2, 0) is 4.74 Å². The van der Waals surface area contributed by atoms with Crippen molar-refractivity contribution in [3.63, 3.8) is 0 Å². The van der Waals surface area contributed by atoms with Crippen LogP contribution in [-0.4, -0.2) is 46.5 Å². The van der Waals surface area contributed by atoms with Crippen LogP contribution in [0.2, 0.25) is 0 Å². The Morgan fingerprint density at radius 2 is 1.95 bits per heavy atom. The second-order valence-electron chi connectivity index (χ2n) is 10.6. The Labute approximate surface area is 235 Å². The molecule has 1 aliphatic heterocycles. The summed E-state index contributed by atoms with van der Waals surface area (Å²) in [6.45, 7) is 7.63. The number of aliphatic hydroxyl groups is 1. The van der Waals surface area contributed by atoms with Crippen molar-refractivity contribution >= 4 is 22.7 Å². The Kier molecular flexibility index (Phi) is 7.51. The highest BCUT2D eigenvalue weighted by Crippen LogP contribution is 2.39. The summed E-state index contributed by atoms with van der Waals surface area (Å²) in [6, 6.07) is 11.1. The molecule has 1 aliphatic rings. The smallest absolute Gasteiger partial charge is 0.289 e. The fourth-order valence-electron chi connectivity index (χ4n) is 4.40. The van der Waals surface area contributed by atoms with E-state index in [1.54, 1.807) is 24.4 Å². The first-order chi connectivity index (χ1) is 19.6. The number of rotatable bonds is 8. The molecular weight excluding hydrogens is 532 g/mol. The van der Waals surface area contributed by atoms with E-state index in [4.69, 9.17) is 14.2 Å². The molecule has 9 nitrogen and oxygen atoms in total. The van der Waals surface area contributed by atoms with E-state index < -0.39 is 22.8 Å². The molecule has 3 N–H and O–H groups in total. The summed E-state index contributed by atoms with van der Waals surface area (Å²) < 4.78 is 47.6. The molecule has 1 unspecified atom stereocenters. The van der Waals surface area contributed by atoms with Crippen LogP contribution >= 0.6 is 0 Å². The molecule has 0 saturated carbocycles. The lowest BCUT2D eigenvalue weighted by molar-refractivity contribution is 0.0353. The van der Waals surface area contributed by atoms with Crippen molar-refractivity contribution in [2.75, 3.05) is 18.5 Å². The van der Waals surface area contributed by atoms with Crippen LogP contribution < -0.4 is 14.8 Å². The Morgan fingerprint density at radius 1 is 1.20 bits per heavy atom. The van der Waals surface area contributed by atoms with Gasteiger partial charge in [-0.2, -0.15) is 5.26 Å². The lowest BCUT2D eigenvalue weighted by Gasteiger charge is -2.28. The number of aromatic amines is 1. The molecular formula is C30H29F2N5O4. The van der Waals surface area contributed by atoms with Gasteiger partial charge >= 0.3 is 0 Å². The van der Waals surface area contributed by atoms with Crippen molar-refractivity contribution in [3.8, 4) is 34.4 Å². The van der Waals surface area contributed by atoms with Crippen molar-refractivity contribution in [1.29, 1.82) is 5.26 Å². The number of aliphatic hydroxyl groups excluding tert-OH is 1. The first-order valence-corrected chi connectivity index (χ1v) is 13.0. The fourth-order valence-corrected chi connectivity index (χ4v) is 4.40. The highest BCUT2D eigenvalue weighted by atomic mass is 19.1. The van der Waals surface area contributed by atoms with Crippen LogP contribution in [0, 0.1) is 28.4 Å². The third-order valence-corrected chi connectivity index (χ3v) is 6.70. The Morgan fingerprint density at radius 3 is 2.63 bits per heavy atom. The maximum Gasteiger partial charge on any atom is 0.289 e. The molecule has 2 aromatic carbocycles. The van der Waals surface area contributed by atoms with Crippen molar-refractivity contribution in [2.45, 2.75) is 39.9 Å². The molecule has 212 valence electrons. The molecule has 1 atom stereocenters. The largest absolute Gasteiger partial charge is 0.490 e. The minimum absolute atomic E-state index is 0.0866. The number of anilines is 1. The molecule has 5 rings (SSSR count). The number of nitrogens with zero attached hydrogens (tertiary/aromatic N) is 3. The van der Waals surface area contributed by atoms with Gasteiger partial charge in [-0.1, -0.05) is 19.9 Å². The number of nitrogens with one attached hydrogen (secondary N) is 2. The van der Waals surface area contributed by atoms with Gasteiger partial charge in [-0.3, -0.25) is 0 Å². The number of aromatic nitrogens is 2. The van der Waals surface area contributed by atoms with Gasteiger partial charge in [0, 0.05) is 41.2 Å². The SMILES string of the molecule is CC(C)Oc1ccc(-c2c[nH]c3nccc(Oc4c(F)cc(NC5=NCC(C(C)(C)CO)O5)cc4F)c23)cc1C#N. The van der Waals surface area contributed by atoms with Crippen LogP contribution in [0.4, 0.5) is 14.5 Å². The van der Waals surface area contributed by atoms with Gasteiger partial charge in [-0.05, 0) is 37.6 Å². The van der Waals surface area contributed by atoms with Crippen LogP contribution in [0.5, 0.6) is 17.2 Å². The van der Waals surface area contributed by atoms with Crippen LogP contribution in [0.1, 0.15) is 33.3 Å². The zero-order chi connectivity index (χ0) is 29.3. The standard InChI is InChI=1S/C30H29F2N5O4/c1-16(2)39-23-6-5-17(9-18(23)12-33)20-13-35-28-26(20)24(7-8-34-28)40-27-21(31)10-19(11-22(27)32)37-29-36-14-25(41-29)30(3,4)15-38/h5-11,13,16,25,38H,14-15H2,1-4H3,(H,34,35)(H,36,37). The minimum Gasteiger partial charge on any atom is -0.490 e. The minimum atomic E-state index is -0.942. The fraction of sp³-hybridized carbons (Fsp3) is 0.300. The van der Waals surface area contributed by atoms with E-state index >= 15 is 8.78 Å². The summed E-state index contributed by atoms with van der Waals surface area (Å²) in [6.07, 6.45) is 2.67. The van der Waals surface area contributed by atoms with Gasteiger partial charge in [0.2, 0.25) is 0 Å². The van der Waals surface area contributed by atoms with E-state index in [9.17, 15) is 10.4 Å². The molecule has 0 fully saturated rings. The first-order valence-electron chi connectivity index (χ1n) is 13.0. The second kappa shape index (κ2) is 11.1. The van der Waals surface area contributed by atoms with E-state index in [0.29, 0.717) is 40.0 Å². The molecule has 11 heteroatoms. The van der Waals surface area contributed by atoms with E-state index in [2.05, 4.69) is 26.3 Å². The number of aliphatic imine (C=N–C) groups is 1. The molecule has 0 aliphatic carbocycles. The normalized spacial score (nSPS) is 15.0. The summed E-state index contributed by atoms with van der Waals surface area (Å²) in [5, 5.41) is 22.5. The number of nitriles is 1. The molecule has 3 heterocycles. The number of hydrogen-bond acceptors (Lipinski definition) is 8. The van der Waals surface area contributed by atoms with Gasteiger partial charge in [-0.15, -0.1) is 0 Å². The summed E-state index contributed by atoms with van der Waals surface area (Å²) in [7, 11) is 0. The van der Waals surface area contributed by atoms with Crippen molar-refractivity contribution < 1.29 is 28.1 Å². The summed E-state index contributed by atoms with van der Waals surface area (Å²) in [5.41, 5.74) is 1.64. The third kappa shape index (κ3) is 5.64. The Hall–Kier alpha value is -4.69. The highest BCUT2D eigenvalue weighted by molar-refractivity contribution is 5.98. The third-order valence-electron chi connectivity index (χ3n) is 6.70. The van der Waals surface area contributed by atoms with E-state index in [1.807, 2.05) is 27.7 Å². The number of amidine groups is 1. The molecule has 4 aromatic rings. The van der Waals surface area contributed by atoms with Gasteiger partial charge in [0.25, 0.3) is 6.02 Å². The lowest BCUT2D eigenvalue weighted by atomic mass is 9.88. The molecule has 0 spiro atoms. The average Bonchev–Trinajstić information content (AvgIpc) is 3.59. The molecule has 0 radical (unpaired) electrons. The predicted molar refractivity (Wildman–Crippen MR) is 150 cm³/mol. The number of halogens is 2. The topological polar surface area (TPSA) is 125 Å². The maximum absolute atomic E-state index is 15.2. The maximum atomic E-state index is 15.2. The van der Waals surface area contributed by atoms with E-state index in [0.717, 1.165) is 12.1 Å². The second-order valence-corrected chi connectivity index (χ2v) is 10.6. The van der Waals surface area contributed by atoms with E-state index in [1.165, 1.54) is 12.3 Å². The van der Waals surface area contributed by atoms with Crippen molar-refractivity contribution in [3.05, 3.63) is 66.0 Å². The Bertz CT molecular complexity index is 1650. The molecule has 0 saturated heterocycles. The summed E-state index contributed by atoms with van der Waals surface area (Å²) in [4.78, 5) is 11.6. The molecule has 0 amide bonds. The van der Waals surface area contributed by atoms with Gasteiger partial charge in [-0.25, -0.2) is 18.8 Å². The quantitative estimate of drug-likeness (QED) is 0.236. The number of hydrogen-bond donors (Lipinski definition) is 3. The highest BCUT2D eigenvalue weighted by Gasteiger charge is 2.35. The zero-order valence-corrected chi connectivity index (χ0v) is 23.0. The van der Waals surface area contributed by atoms with Crippen LogP contribution in [0.15, 0.2) is 53.8 Å². The molecule has 41 heavy (non-hydrogen) atoms. The summed E-state index contributed by atoms with van der Waals surface area (Å²) >= 11 is 0. The van der Waals surface area contributed by atoms with Gasteiger partial charge in [0.05, 0.1) is 30.2 Å². The van der Waals surface area contributed by atoms with Crippen LogP contribution in [0.25, 0.3) is 22.2 Å². The van der Waals surface area contributed by atoms with Gasteiger partial charge in [0.15, 0.2) is 17.4 Å². The van der Waals surface area contributed by atoms with Crippen molar-refractivity contribution in [1.82, 2.24) is 9.97 Å². The Balaban J connectivity index is 1.42. The average molecular weight is 562 g/mol. The van der Waals surface area contributed by atoms with Crippen LogP contribution in [0.3, 0.4) is 0 Å². The first kappa shape index (κ1) is 27.9. The number of H-pyrrole nitrogens is 1.